The van der Waals surface area contributed by atoms with E-state index >= 15 is 0 Å². The Labute approximate surface area is 151 Å². The van der Waals surface area contributed by atoms with E-state index in [1.807, 2.05) is 36.4 Å². The summed E-state index contributed by atoms with van der Waals surface area (Å²) < 4.78 is 0.969. The van der Waals surface area contributed by atoms with E-state index in [-0.39, 0.29) is 5.91 Å². The molecule has 0 aliphatic carbocycles. The molecule has 3 aromatic rings. The lowest BCUT2D eigenvalue weighted by molar-refractivity contribution is -0.713. The Morgan fingerprint density at radius 1 is 1.21 bits per heavy atom. The number of anilines is 1. The first-order valence-corrected chi connectivity index (χ1v) is 9.03. The molecule has 3 heterocycles. The second-order valence-electron chi connectivity index (χ2n) is 6.36. The number of nitrogens with two attached hydrogens (primary N) is 1. The van der Waals surface area contributed by atoms with Gasteiger partial charge in [-0.2, -0.15) is 0 Å². The molecule has 1 spiro atoms. The molecule has 4 nitrogen and oxygen atoms in total. The van der Waals surface area contributed by atoms with Crippen LogP contribution >= 0.6 is 27.5 Å². The van der Waals surface area contributed by atoms with E-state index in [2.05, 4.69) is 31.5 Å². The molecule has 0 radical (unpaired) electrons. The number of hydrogen-bond acceptors (Lipinski definition) is 1. The van der Waals surface area contributed by atoms with Gasteiger partial charge in [0.15, 0.2) is 0 Å². The minimum Gasteiger partial charge on any atom is -0.352 e. The molecule has 24 heavy (non-hydrogen) atoms. The van der Waals surface area contributed by atoms with Gasteiger partial charge in [0.05, 0.1) is 23.5 Å². The normalized spacial score (nSPS) is 21.8. The highest BCUT2D eigenvalue weighted by Gasteiger charge is 2.56. The summed E-state index contributed by atoms with van der Waals surface area (Å²) in [7, 11) is 0. The van der Waals surface area contributed by atoms with E-state index in [0.717, 1.165) is 45.3 Å². The Hall–Kier alpha value is -1.82. The predicted octanol–water partition coefficient (Wildman–Crippen LogP) is 2.90. The van der Waals surface area contributed by atoms with Crippen LogP contribution in [0, 0.1) is 0 Å². The average Bonchev–Trinajstić information content (AvgIpc) is 3.06. The van der Waals surface area contributed by atoms with Crippen LogP contribution in [0.1, 0.15) is 16.8 Å². The van der Waals surface area contributed by atoms with Crippen molar-refractivity contribution >= 4 is 50.0 Å². The fourth-order valence-corrected chi connectivity index (χ4v) is 4.63. The van der Waals surface area contributed by atoms with Crippen LogP contribution in [0.15, 0.2) is 40.9 Å². The van der Waals surface area contributed by atoms with Gasteiger partial charge in [-0.1, -0.05) is 27.5 Å². The third-order valence-corrected chi connectivity index (χ3v) is 5.85. The Morgan fingerprint density at radius 3 is 2.96 bits per heavy atom. The zero-order valence-electron chi connectivity index (χ0n) is 12.6. The van der Waals surface area contributed by atoms with Gasteiger partial charge in [0, 0.05) is 26.8 Å². The Balaban J connectivity index is 1.86. The van der Waals surface area contributed by atoms with Crippen molar-refractivity contribution in [1.29, 1.82) is 0 Å². The molecule has 6 heteroatoms. The second-order valence-corrected chi connectivity index (χ2v) is 7.72. The van der Waals surface area contributed by atoms with Crippen LogP contribution in [-0.4, -0.2) is 17.4 Å². The molecule has 2 aliphatic rings. The summed E-state index contributed by atoms with van der Waals surface area (Å²) in [5.41, 5.74) is 4.32. The average molecular weight is 404 g/mol. The number of hydrogen-bond donors (Lipinski definition) is 3. The van der Waals surface area contributed by atoms with Crippen molar-refractivity contribution in [2.75, 3.05) is 11.9 Å². The number of H-pyrrole nitrogens is 1. The number of benzene rings is 2. The number of halogens is 2. The van der Waals surface area contributed by atoms with Crippen LogP contribution in [0.3, 0.4) is 0 Å². The number of fused-ring (bicyclic) bond motifs is 6. The second kappa shape index (κ2) is 4.85. The molecule has 0 unspecified atom stereocenters. The van der Waals surface area contributed by atoms with Gasteiger partial charge in [0.25, 0.3) is 5.91 Å². The molecule has 120 valence electrons. The van der Waals surface area contributed by atoms with Gasteiger partial charge in [-0.3, -0.25) is 4.79 Å². The van der Waals surface area contributed by atoms with Crippen LogP contribution < -0.4 is 10.6 Å². The van der Waals surface area contributed by atoms with Gasteiger partial charge in [0.2, 0.25) is 5.54 Å². The van der Waals surface area contributed by atoms with Crippen molar-refractivity contribution < 1.29 is 10.1 Å². The summed E-state index contributed by atoms with van der Waals surface area (Å²) in [5.74, 6) is 0.00852. The summed E-state index contributed by atoms with van der Waals surface area (Å²) in [4.78, 5) is 16.5. The fraction of sp³-hybridized carbons (Fsp3) is 0.167. The van der Waals surface area contributed by atoms with Crippen molar-refractivity contribution in [2.24, 2.45) is 0 Å². The van der Waals surface area contributed by atoms with Crippen molar-refractivity contribution in [3.05, 3.63) is 62.7 Å². The number of aromatic nitrogens is 1. The van der Waals surface area contributed by atoms with Gasteiger partial charge >= 0.3 is 0 Å². The van der Waals surface area contributed by atoms with Gasteiger partial charge in [-0.15, -0.1) is 0 Å². The van der Waals surface area contributed by atoms with Gasteiger partial charge < -0.3 is 15.6 Å². The number of carbonyl (C=O) groups excluding carboxylic acids is 1. The smallest absolute Gasteiger partial charge is 0.297 e. The predicted molar refractivity (Wildman–Crippen MR) is 97.4 cm³/mol. The zero-order chi connectivity index (χ0) is 16.5. The molecular weight excluding hydrogens is 390 g/mol. The molecule has 2 aliphatic heterocycles. The number of aromatic amines is 1. The van der Waals surface area contributed by atoms with Crippen LogP contribution in [0.5, 0.6) is 0 Å². The summed E-state index contributed by atoms with van der Waals surface area (Å²) in [6, 6.07) is 11.8. The van der Waals surface area contributed by atoms with Gasteiger partial charge in [-0.25, -0.2) is 0 Å². The summed E-state index contributed by atoms with van der Waals surface area (Å²) in [6.07, 6.45) is 0.911. The van der Waals surface area contributed by atoms with Crippen molar-refractivity contribution in [3.8, 4) is 0 Å². The van der Waals surface area contributed by atoms with E-state index in [1.165, 1.54) is 5.56 Å². The number of nitrogens with one attached hydrogen (secondary N) is 2. The minimum absolute atomic E-state index is 0.00852. The van der Waals surface area contributed by atoms with Crippen molar-refractivity contribution in [1.82, 2.24) is 4.98 Å². The van der Waals surface area contributed by atoms with Crippen LogP contribution in [-0.2, 0) is 16.8 Å². The quantitative estimate of drug-likeness (QED) is 0.531. The zero-order valence-corrected chi connectivity index (χ0v) is 15.0. The fourth-order valence-electron chi connectivity index (χ4n) is 4.10. The van der Waals surface area contributed by atoms with Crippen LogP contribution in [0.2, 0.25) is 5.02 Å². The molecule has 1 aromatic heterocycles. The van der Waals surface area contributed by atoms with Gasteiger partial charge in [0.1, 0.15) is 0 Å². The largest absolute Gasteiger partial charge is 0.352 e. The highest BCUT2D eigenvalue weighted by atomic mass is 79.9. The first-order valence-electron chi connectivity index (χ1n) is 7.86. The topological polar surface area (TPSA) is 61.5 Å². The molecule has 5 rings (SSSR count). The highest BCUT2D eigenvalue weighted by Crippen LogP contribution is 2.43. The van der Waals surface area contributed by atoms with Crippen molar-refractivity contribution in [2.45, 2.75) is 12.0 Å². The third-order valence-electron chi connectivity index (χ3n) is 5.12. The molecule has 0 bridgehead atoms. The van der Waals surface area contributed by atoms with E-state index in [4.69, 9.17) is 11.6 Å². The first-order chi connectivity index (χ1) is 11.6. The third kappa shape index (κ3) is 1.75. The lowest BCUT2D eigenvalue weighted by atomic mass is 9.82. The minimum atomic E-state index is -0.752. The maximum Gasteiger partial charge on any atom is 0.297 e. The maximum atomic E-state index is 13.0. The number of carbonyl (C=O) groups is 1. The van der Waals surface area contributed by atoms with E-state index in [0.29, 0.717) is 5.02 Å². The van der Waals surface area contributed by atoms with Gasteiger partial charge in [-0.05, 0) is 42.0 Å². The standard InChI is InChI=1S/C18H13BrClN3O/c19-9-1-3-15-13(7-9)18(17(24)23-15)16-11(5-6-21-18)12-8-10(20)2-4-14(12)22-16/h1-4,7-8,21-22H,5-6H2,(H,23,24)/p+1/t18-/m0/s1. The lowest BCUT2D eigenvalue weighted by Crippen LogP contribution is -2.98. The Bertz CT molecular complexity index is 1030. The summed E-state index contributed by atoms with van der Waals surface area (Å²) >= 11 is 9.73. The molecule has 0 saturated heterocycles. The molecule has 1 amide bonds. The number of quaternary nitrogens is 1. The number of rotatable bonds is 0. The first kappa shape index (κ1) is 14.5. The summed E-state index contributed by atoms with van der Waals surface area (Å²) in [6.45, 7) is 0.853. The van der Waals surface area contributed by atoms with E-state index < -0.39 is 5.54 Å². The van der Waals surface area contributed by atoms with Crippen LogP contribution in [0.25, 0.3) is 10.9 Å². The Kier molecular flexibility index (Phi) is 2.93. The molecule has 1 atom stereocenters. The summed E-state index contributed by atoms with van der Waals surface area (Å²) in [5, 5.41) is 7.01. The molecule has 0 saturated carbocycles. The molecule has 0 fully saturated rings. The molecular formula is C18H14BrClN3O+. The Morgan fingerprint density at radius 2 is 2.08 bits per heavy atom. The molecule has 2 aromatic carbocycles. The lowest BCUT2D eigenvalue weighted by Gasteiger charge is -2.29. The monoisotopic (exact) mass is 402 g/mol. The number of amides is 1. The van der Waals surface area contributed by atoms with E-state index in [1.54, 1.807) is 0 Å². The maximum absolute atomic E-state index is 13.0. The SMILES string of the molecule is O=C1Nc2ccc(Br)cc2[C@@]12[NH2+]CCc1c2[nH]c2ccc(Cl)cc12. The molecule has 4 N–H and O–H groups in total. The van der Waals surface area contributed by atoms with Crippen molar-refractivity contribution in [3.63, 3.8) is 0 Å². The van der Waals surface area contributed by atoms with Crippen LogP contribution in [0.4, 0.5) is 5.69 Å². The van der Waals surface area contributed by atoms with E-state index in [9.17, 15) is 4.79 Å². The highest BCUT2D eigenvalue weighted by molar-refractivity contribution is 9.10.